The number of piperidine rings is 1. The second kappa shape index (κ2) is 6.90. The summed E-state index contributed by atoms with van der Waals surface area (Å²) < 4.78 is 5.39. The van der Waals surface area contributed by atoms with Crippen molar-refractivity contribution in [2.24, 2.45) is 0 Å². The number of carbonyl (C=O) groups is 1. The molecule has 0 aromatic carbocycles. The highest BCUT2D eigenvalue weighted by atomic mass is 16.6. The molecule has 0 bridgehead atoms. The molecule has 1 aromatic rings. The van der Waals surface area contributed by atoms with Crippen LogP contribution in [0, 0.1) is 4.91 Å². The van der Waals surface area contributed by atoms with Gasteiger partial charge >= 0.3 is 11.8 Å². The number of carbonyl (C=O) groups excluding carboxylic acids is 1. The quantitative estimate of drug-likeness (QED) is 0.723. The van der Waals surface area contributed by atoms with E-state index in [4.69, 9.17) is 15.7 Å². The molecular weight excluding hydrogens is 314 g/mol. The lowest BCUT2D eigenvalue weighted by atomic mass is 10.1. The fraction of sp³-hybridized carbons (Fsp3) is 0.600. The Morgan fingerprint density at radius 1 is 1.50 bits per heavy atom. The van der Waals surface area contributed by atoms with Gasteiger partial charge in [-0.25, -0.2) is 15.0 Å². The molecule has 1 atom stereocenters. The number of amides is 1. The fourth-order valence-electron chi connectivity index (χ4n) is 2.51. The summed E-state index contributed by atoms with van der Waals surface area (Å²) in [5.41, 5.74) is 4.99. The number of pyridine rings is 1. The molecule has 1 unspecified atom stereocenters. The number of hydrogen-bond donors (Lipinski definition) is 3. The molecular formula is C15H24N5O4+. The molecule has 9 nitrogen and oxygen atoms in total. The van der Waals surface area contributed by atoms with Crippen molar-refractivity contribution in [1.82, 2.24) is 9.88 Å². The van der Waals surface area contributed by atoms with Crippen molar-refractivity contribution in [2.45, 2.75) is 45.3 Å². The van der Waals surface area contributed by atoms with Crippen LogP contribution < -0.4 is 11.1 Å². The normalized spacial score (nSPS) is 18.1. The first kappa shape index (κ1) is 17.8. The van der Waals surface area contributed by atoms with Gasteiger partial charge in [0, 0.05) is 25.2 Å². The average molecular weight is 338 g/mol. The minimum atomic E-state index is -0.530. The zero-order chi connectivity index (χ0) is 17.9. The zero-order valence-electron chi connectivity index (χ0n) is 14.2. The Bertz CT molecular complexity index is 629. The molecule has 0 radical (unpaired) electrons. The molecule has 24 heavy (non-hydrogen) atoms. The van der Waals surface area contributed by atoms with Crippen molar-refractivity contribution in [3.8, 4) is 0 Å². The van der Waals surface area contributed by atoms with E-state index in [1.54, 1.807) is 11.0 Å². The van der Waals surface area contributed by atoms with Crippen LogP contribution in [-0.4, -0.2) is 50.8 Å². The van der Waals surface area contributed by atoms with E-state index in [0.29, 0.717) is 18.9 Å². The monoisotopic (exact) mass is 338 g/mol. The maximum Gasteiger partial charge on any atom is 0.410 e. The smallest absolute Gasteiger partial charge is 0.410 e. The number of nitrogens with one attached hydrogen (secondary N) is 1. The first-order valence-corrected chi connectivity index (χ1v) is 7.83. The molecule has 0 aliphatic carbocycles. The van der Waals surface area contributed by atoms with E-state index in [1.807, 2.05) is 20.8 Å². The van der Waals surface area contributed by atoms with Gasteiger partial charge in [0.1, 0.15) is 11.4 Å². The van der Waals surface area contributed by atoms with Gasteiger partial charge in [-0.3, -0.25) is 0 Å². The van der Waals surface area contributed by atoms with Gasteiger partial charge < -0.3 is 20.7 Å². The van der Waals surface area contributed by atoms with Crippen LogP contribution in [0.4, 0.5) is 22.1 Å². The van der Waals surface area contributed by atoms with E-state index in [2.05, 4.69) is 10.3 Å². The Balaban J connectivity index is 1.99. The number of nitrogens with zero attached hydrogens (tertiary/aromatic N) is 3. The third-order valence-electron chi connectivity index (χ3n) is 3.53. The van der Waals surface area contributed by atoms with E-state index in [-0.39, 0.29) is 28.6 Å². The van der Waals surface area contributed by atoms with Crippen molar-refractivity contribution in [3.05, 3.63) is 17.0 Å². The third-order valence-corrected chi connectivity index (χ3v) is 3.53. The molecule has 1 fully saturated rings. The second-order valence-electron chi connectivity index (χ2n) is 6.78. The lowest BCUT2D eigenvalue weighted by Gasteiger charge is -2.34. The minimum absolute atomic E-state index is 0.00139. The van der Waals surface area contributed by atoms with Gasteiger partial charge in [0.25, 0.3) is 4.92 Å². The topological polar surface area (TPSA) is 121 Å². The Hall–Kier alpha value is -2.58. The van der Waals surface area contributed by atoms with Gasteiger partial charge in [0.2, 0.25) is 5.82 Å². The summed E-state index contributed by atoms with van der Waals surface area (Å²) in [5.74, 6) is 0.409. The SMILES string of the molecule is CC(C)(C)OC(=O)N1CCCC(Nc2ccc([N+](=O)O)c(N)n2)C1. The predicted octanol–water partition coefficient (Wildman–Crippen LogP) is 2.27. The van der Waals surface area contributed by atoms with Gasteiger partial charge in [0.05, 0.1) is 4.91 Å². The summed E-state index contributed by atoms with van der Waals surface area (Å²) in [4.78, 5) is 28.4. The summed E-state index contributed by atoms with van der Waals surface area (Å²) in [6.07, 6.45) is 1.38. The van der Waals surface area contributed by atoms with Crippen LogP contribution in [0.2, 0.25) is 0 Å². The second-order valence-corrected chi connectivity index (χ2v) is 6.78. The number of rotatable bonds is 3. The van der Waals surface area contributed by atoms with E-state index in [1.165, 1.54) is 6.07 Å². The number of aromatic nitrogens is 1. The van der Waals surface area contributed by atoms with E-state index in [0.717, 1.165) is 12.8 Å². The van der Waals surface area contributed by atoms with Crippen molar-refractivity contribution >= 4 is 23.4 Å². The lowest BCUT2D eigenvalue weighted by molar-refractivity contribution is -0.729. The maximum atomic E-state index is 12.2. The van der Waals surface area contributed by atoms with Gasteiger partial charge in [0.15, 0.2) is 0 Å². The molecule has 1 aliphatic rings. The third kappa shape index (κ3) is 4.71. The fourth-order valence-corrected chi connectivity index (χ4v) is 2.51. The molecule has 132 valence electrons. The Morgan fingerprint density at radius 2 is 2.21 bits per heavy atom. The Morgan fingerprint density at radius 3 is 2.79 bits per heavy atom. The summed E-state index contributed by atoms with van der Waals surface area (Å²) >= 11 is 0. The highest BCUT2D eigenvalue weighted by Crippen LogP contribution is 2.22. The van der Waals surface area contributed by atoms with Crippen LogP contribution >= 0.6 is 0 Å². The van der Waals surface area contributed by atoms with Crippen LogP contribution in [0.25, 0.3) is 0 Å². The van der Waals surface area contributed by atoms with Crippen LogP contribution in [0.15, 0.2) is 12.1 Å². The van der Waals surface area contributed by atoms with Crippen molar-refractivity contribution in [2.75, 3.05) is 24.1 Å². The molecule has 2 heterocycles. The van der Waals surface area contributed by atoms with Gasteiger partial charge in [-0.05, 0) is 39.7 Å². The van der Waals surface area contributed by atoms with E-state index >= 15 is 0 Å². The zero-order valence-corrected chi connectivity index (χ0v) is 14.2. The highest BCUT2D eigenvalue weighted by Gasteiger charge is 2.28. The number of hydrogen-bond acceptors (Lipinski definition) is 6. The summed E-state index contributed by atoms with van der Waals surface area (Å²) in [6, 6.07) is 2.94. The van der Waals surface area contributed by atoms with Gasteiger partial charge in [-0.15, -0.1) is 0 Å². The number of likely N-dealkylation sites (tertiary alicyclic amines) is 1. The maximum absolute atomic E-state index is 12.2. The first-order valence-electron chi connectivity index (χ1n) is 7.83. The Labute approximate surface area is 140 Å². The molecule has 2 rings (SSSR count). The molecule has 4 N–H and O–H groups in total. The first-order chi connectivity index (χ1) is 11.2. The Kier molecular flexibility index (Phi) is 5.10. The summed E-state index contributed by atoms with van der Waals surface area (Å²) in [6.45, 7) is 6.64. The number of nitrogens with two attached hydrogens (primary N) is 1. The summed E-state index contributed by atoms with van der Waals surface area (Å²) in [7, 11) is 0. The van der Waals surface area contributed by atoms with Crippen LogP contribution in [0.1, 0.15) is 33.6 Å². The van der Waals surface area contributed by atoms with Crippen molar-refractivity contribution in [1.29, 1.82) is 0 Å². The van der Waals surface area contributed by atoms with Gasteiger partial charge in [-0.1, -0.05) is 0 Å². The molecule has 1 saturated heterocycles. The van der Waals surface area contributed by atoms with Crippen LogP contribution in [-0.2, 0) is 4.74 Å². The summed E-state index contributed by atoms with van der Waals surface area (Å²) in [5, 5.41) is 12.1. The van der Waals surface area contributed by atoms with Crippen molar-refractivity contribution in [3.63, 3.8) is 0 Å². The van der Waals surface area contributed by atoms with Crippen LogP contribution in [0.5, 0.6) is 0 Å². The molecule has 0 saturated carbocycles. The van der Waals surface area contributed by atoms with Crippen molar-refractivity contribution < 1.29 is 19.7 Å². The average Bonchev–Trinajstić information content (AvgIpc) is 2.45. The molecule has 1 amide bonds. The molecule has 9 heteroatoms. The predicted molar refractivity (Wildman–Crippen MR) is 88.2 cm³/mol. The van der Waals surface area contributed by atoms with E-state index < -0.39 is 5.60 Å². The van der Waals surface area contributed by atoms with E-state index in [9.17, 15) is 9.70 Å². The largest absolute Gasteiger partial charge is 0.444 e. The molecule has 1 aromatic heterocycles. The number of nitrogen functional groups attached to an aromatic ring is 1. The molecule has 0 spiro atoms. The molecule has 1 aliphatic heterocycles. The minimum Gasteiger partial charge on any atom is -0.444 e. The number of anilines is 2. The standard InChI is InChI=1S/C15H24N5O4/c1-15(2,3)24-14(21)19-8-4-5-10(9-19)17-12-7-6-11(20(22)23)13(16)18-12/h6-7,10H,4-5,8-9H2,1-3H3,(H,22,23)(H3,16,17,18)/q+1. The number of ether oxygens (including phenoxy) is 1. The van der Waals surface area contributed by atoms with Crippen LogP contribution in [0.3, 0.4) is 0 Å². The highest BCUT2D eigenvalue weighted by molar-refractivity contribution is 5.68. The lowest BCUT2D eigenvalue weighted by Crippen LogP contribution is -2.47. The van der Waals surface area contributed by atoms with Gasteiger partial charge in [-0.2, -0.15) is 0 Å².